The molecule has 0 radical (unpaired) electrons. The minimum absolute atomic E-state index is 0.248. The maximum atomic E-state index is 6.38. The molecule has 3 heteroatoms. The highest BCUT2D eigenvalue weighted by molar-refractivity contribution is 5.30. The van der Waals surface area contributed by atoms with Crippen LogP contribution in [-0.4, -0.2) is 30.6 Å². The Bertz CT molecular complexity index is 388. The van der Waals surface area contributed by atoms with Crippen molar-refractivity contribution in [1.82, 2.24) is 4.90 Å². The van der Waals surface area contributed by atoms with E-state index in [1.807, 2.05) is 0 Å². The van der Waals surface area contributed by atoms with E-state index in [-0.39, 0.29) is 6.04 Å². The fourth-order valence-corrected chi connectivity index (χ4v) is 3.08. The van der Waals surface area contributed by atoms with Crippen LogP contribution in [0.25, 0.3) is 0 Å². The van der Waals surface area contributed by atoms with Gasteiger partial charge in [0.1, 0.15) is 5.75 Å². The molecule has 1 fully saturated rings. The number of nitrogens with zero attached hydrogens (tertiary/aromatic N) is 1. The average molecular weight is 276 g/mol. The molecule has 1 heterocycles. The van der Waals surface area contributed by atoms with Gasteiger partial charge in [-0.2, -0.15) is 0 Å². The van der Waals surface area contributed by atoms with Crippen LogP contribution in [0, 0.1) is 0 Å². The van der Waals surface area contributed by atoms with Crippen LogP contribution < -0.4 is 10.5 Å². The number of piperidine rings is 1. The predicted molar refractivity (Wildman–Crippen MR) is 84.0 cm³/mol. The Labute approximate surface area is 123 Å². The van der Waals surface area contributed by atoms with E-state index in [0.717, 1.165) is 31.7 Å². The van der Waals surface area contributed by atoms with E-state index in [0.29, 0.717) is 6.04 Å². The Hall–Kier alpha value is -1.06. The molecular weight excluding hydrogens is 248 g/mol. The zero-order chi connectivity index (χ0) is 14.4. The van der Waals surface area contributed by atoms with Gasteiger partial charge in [0.15, 0.2) is 0 Å². The predicted octanol–water partition coefficient (Wildman–Crippen LogP) is 3.35. The molecule has 0 aromatic heterocycles. The van der Waals surface area contributed by atoms with Crippen molar-refractivity contribution in [1.29, 1.82) is 0 Å². The summed E-state index contributed by atoms with van der Waals surface area (Å²) in [6.45, 7) is 7.44. The quantitative estimate of drug-likeness (QED) is 0.866. The molecule has 1 aromatic rings. The Morgan fingerprint density at radius 3 is 2.60 bits per heavy atom. The first-order valence-corrected chi connectivity index (χ1v) is 7.98. The van der Waals surface area contributed by atoms with Crippen molar-refractivity contribution in [2.24, 2.45) is 5.73 Å². The monoisotopic (exact) mass is 276 g/mol. The van der Waals surface area contributed by atoms with Crippen LogP contribution in [0.4, 0.5) is 0 Å². The second kappa shape index (κ2) is 7.65. The van der Waals surface area contributed by atoms with Gasteiger partial charge < -0.3 is 10.5 Å². The molecule has 112 valence electrons. The first-order valence-electron chi connectivity index (χ1n) is 7.98. The zero-order valence-electron chi connectivity index (χ0n) is 12.8. The number of rotatable bonds is 6. The number of nitrogens with two attached hydrogens (primary N) is 1. The molecule has 3 nitrogen and oxygen atoms in total. The van der Waals surface area contributed by atoms with Crippen molar-refractivity contribution in [3.63, 3.8) is 0 Å². The summed E-state index contributed by atoms with van der Waals surface area (Å²) in [6, 6.07) is 9.14. The molecule has 1 saturated heterocycles. The first-order chi connectivity index (χ1) is 9.76. The number of likely N-dealkylation sites (tertiary alicyclic amines) is 1. The smallest absolute Gasteiger partial charge is 0.119 e. The van der Waals surface area contributed by atoms with Crippen LogP contribution >= 0.6 is 0 Å². The maximum absolute atomic E-state index is 6.38. The SMILES string of the molecule is CCCOc1ccc(C2C(N)CCCN2CCC)cc1. The lowest BCUT2D eigenvalue weighted by Gasteiger charge is -2.40. The third kappa shape index (κ3) is 3.74. The van der Waals surface area contributed by atoms with E-state index in [1.54, 1.807) is 0 Å². The number of hydrogen-bond acceptors (Lipinski definition) is 3. The summed E-state index contributed by atoms with van der Waals surface area (Å²) in [5, 5.41) is 0. The average Bonchev–Trinajstić information content (AvgIpc) is 2.46. The third-order valence-corrected chi connectivity index (χ3v) is 3.99. The van der Waals surface area contributed by atoms with Crippen molar-refractivity contribution in [3.05, 3.63) is 29.8 Å². The Balaban J connectivity index is 2.10. The van der Waals surface area contributed by atoms with Gasteiger partial charge in [0.2, 0.25) is 0 Å². The summed E-state index contributed by atoms with van der Waals surface area (Å²) in [5.74, 6) is 0.960. The van der Waals surface area contributed by atoms with Crippen molar-refractivity contribution in [2.75, 3.05) is 19.7 Å². The van der Waals surface area contributed by atoms with E-state index in [1.165, 1.54) is 24.9 Å². The molecule has 0 amide bonds. The van der Waals surface area contributed by atoms with Gasteiger partial charge in [0, 0.05) is 12.1 Å². The molecule has 20 heavy (non-hydrogen) atoms. The molecule has 2 atom stereocenters. The van der Waals surface area contributed by atoms with Gasteiger partial charge in [-0.3, -0.25) is 4.90 Å². The summed E-state index contributed by atoms with van der Waals surface area (Å²) in [6.07, 6.45) is 4.56. The standard InChI is InChI=1S/C17H28N2O/c1-3-11-19-12-5-6-16(18)17(19)14-7-9-15(10-8-14)20-13-4-2/h7-10,16-17H,3-6,11-13,18H2,1-2H3. The summed E-state index contributed by atoms with van der Waals surface area (Å²) in [4.78, 5) is 2.54. The van der Waals surface area contributed by atoms with Crippen LogP contribution in [0.5, 0.6) is 5.75 Å². The van der Waals surface area contributed by atoms with Gasteiger partial charge in [-0.05, 0) is 56.5 Å². The Morgan fingerprint density at radius 2 is 1.95 bits per heavy atom. The van der Waals surface area contributed by atoms with Gasteiger partial charge in [-0.15, -0.1) is 0 Å². The van der Waals surface area contributed by atoms with E-state index in [9.17, 15) is 0 Å². The second-order valence-electron chi connectivity index (χ2n) is 5.70. The van der Waals surface area contributed by atoms with Crippen molar-refractivity contribution < 1.29 is 4.74 Å². The third-order valence-electron chi connectivity index (χ3n) is 3.99. The molecule has 2 unspecified atom stereocenters. The van der Waals surface area contributed by atoms with Crippen molar-refractivity contribution >= 4 is 0 Å². The largest absolute Gasteiger partial charge is 0.494 e. The molecule has 1 aromatic carbocycles. The maximum Gasteiger partial charge on any atom is 0.119 e. The lowest BCUT2D eigenvalue weighted by molar-refractivity contribution is 0.128. The number of benzene rings is 1. The minimum atomic E-state index is 0.248. The minimum Gasteiger partial charge on any atom is -0.494 e. The van der Waals surface area contributed by atoms with E-state index in [4.69, 9.17) is 10.5 Å². The van der Waals surface area contributed by atoms with Crippen LogP contribution in [0.3, 0.4) is 0 Å². The molecule has 0 aliphatic carbocycles. The lowest BCUT2D eigenvalue weighted by atomic mass is 9.91. The van der Waals surface area contributed by atoms with E-state index in [2.05, 4.69) is 43.0 Å². The summed E-state index contributed by atoms with van der Waals surface area (Å²) >= 11 is 0. The summed E-state index contributed by atoms with van der Waals surface area (Å²) < 4.78 is 5.65. The highest BCUT2D eigenvalue weighted by Crippen LogP contribution is 2.31. The highest BCUT2D eigenvalue weighted by atomic mass is 16.5. The highest BCUT2D eigenvalue weighted by Gasteiger charge is 2.29. The van der Waals surface area contributed by atoms with E-state index < -0.39 is 0 Å². The zero-order valence-corrected chi connectivity index (χ0v) is 12.8. The summed E-state index contributed by atoms with van der Waals surface area (Å²) in [5.41, 5.74) is 7.71. The number of ether oxygens (including phenoxy) is 1. The molecule has 1 aliphatic rings. The van der Waals surface area contributed by atoms with Gasteiger partial charge in [0.05, 0.1) is 6.61 Å². The fraction of sp³-hybridized carbons (Fsp3) is 0.647. The molecule has 0 spiro atoms. The first kappa shape index (κ1) is 15.3. The molecule has 1 aliphatic heterocycles. The van der Waals surface area contributed by atoms with Gasteiger partial charge in [0.25, 0.3) is 0 Å². The van der Waals surface area contributed by atoms with Gasteiger partial charge in [-0.1, -0.05) is 26.0 Å². The van der Waals surface area contributed by atoms with Crippen LogP contribution in [0.1, 0.15) is 51.1 Å². The molecule has 0 saturated carbocycles. The molecule has 2 rings (SSSR count). The normalized spacial score (nSPS) is 23.8. The Morgan fingerprint density at radius 1 is 1.20 bits per heavy atom. The van der Waals surface area contributed by atoms with Crippen molar-refractivity contribution in [2.45, 2.75) is 51.6 Å². The van der Waals surface area contributed by atoms with E-state index >= 15 is 0 Å². The topological polar surface area (TPSA) is 38.5 Å². The molecular formula is C17H28N2O. The van der Waals surface area contributed by atoms with Crippen LogP contribution in [-0.2, 0) is 0 Å². The lowest BCUT2D eigenvalue weighted by Crippen LogP contribution is -2.46. The summed E-state index contributed by atoms with van der Waals surface area (Å²) in [7, 11) is 0. The second-order valence-corrected chi connectivity index (χ2v) is 5.70. The van der Waals surface area contributed by atoms with Crippen molar-refractivity contribution in [3.8, 4) is 5.75 Å². The fourth-order valence-electron chi connectivity index (χ4n) is 3.08. The Kier molecular flexibility index (Phi) is 5.86. The molecule has 0 bridgehead atoms. The van der Waals surface area contributed by atoms with Gasteiger partial charge >= 0.3 is 0 Å². The van der Waals surface area contributed by atoms with Crippen LogP contribution in [0.2, 0.25) is 0 Å². The number of hydrogen-bond donors (Lipinski definition) is 1. The molecule has 2 N–H and O–H groups in total. The van der Waals surface area contributed by atoms with Gasteiger partial charge in [-0.25, -0.2) is 0 Å². The van der Waals surface area contributed by atoms with Crippen LogP contribution in [0.15, 0.2) is 24.3 Å².